The lowest BCUT2D eigenvalue weighted by Gasteiger charge is -2.01. The average molecular weight is 266 g/mol. The van der Waals surface area contributed by atoms with Crippen molar-refractivity contribution in [3.05, 3.63) is 36.5 Å². The molecule has 0 rings (SSSR count). The molecule has 0 aliphatic carbocycles. The van der Waals surface area contributed by atoms with E-state index in [9.17, 15) is 9.59 Å². The van der Waals surface area contributed by atoms with E-state index >= 15 is 0 Å². The van der Waals surface area contributed by atoms with E-state index in [1.807, 2.05) is 6.08 Å². The zero-order valence-electron chi connectivity index (χ0n) is 11.4. The summed E-state index contributed by atoms with van der Waals surface area (Å²) in [5.74, 6) is -1.76. The Kier molecular flexibility index (Phi) is 10.2. The van der Waals surface area contributed by atoms with Gasteiger partial charge in [-0.2, -0.15) is 0 Å². The highest BCUT2D eigenvalue weighted by Crippen LogP contribution is 2.01. The van der Waals surface area contributed by atoms with Crippen LogP contribution in [0.15, 0.2) is 36.5 Å². The summed E-state index contributed by atoms with van der Waals surface area (Å²) in [4.78, 5) is 21.6. The van der Waals surface area contributed by atoms with Gasteiger partial charge in [-0.15, -0.1) is 0 Å². The van der Waals surface area contributed by atoms with Crippen LogP contribution in [0.2, 0.25) is 0 Å². The van der Waals surface area contributed by atoms with Crippen LogP contribution in [0.4, 0.5) is 0 Å². The Labute approximate surface area is 114 Å². The second-order valence-electron chi connectivity index (χ2n) is 4.12. The molecular weight excluding hydrogens is 244 g/mol. The molecule has 0 saturated carbocycles. The van der Waals surface area contributed by atoms with E-state index in [2.05, 4.69) is 19.6 Å². The van der Waals surface area contributed by atoms with Gasteiger partial charge < -0.3 is 9.84 Å². The lowest BCUT2D eigenvalue weighted by Crippen LogP contribution is -2.10. The number of aliphatic carboxylic acids is 1. The van der Waals surface area contributed by atoms with Gasteiger partial charge >= 0.3 is 11.9 Å². The van der Waals surface area contributed by atoms with Crippen molar-refractivity contribution in [2.24, 2.45) is 0 Å². The number of carbonyl (C=O) groups excluding carboxylic acids is 1. The molecule has 0 heterocycles. The third-order valence-electron chi connectivity index (χ3n) is 2.32. The molecule has 1 N–H and O–H groups in total. The molecule has 0 aromatic carbocycles. The summed E-state index contributed by atoms with van der Waals surface area (Å²) >= 11 is 0. The van der Waals surface area contributed by atoms with E-state index in [4.69, 9.17) is 9.84 Å². The van der Waals surface area contributed by atoms with E-state index in [-0.39, 0.29) is 18.6 Å². The van der Waals surface area contributed by atoms with Crippen LogP contribution in [0, 0.1) is 0 Å². The van der Waals surface area contributed by atoms with Crippen molar-refractivity contribution >= 4 is 11.9 Å². The summed E-state index contributed by atoms with van der Waals surface area (Å²) in [6.45, 7) is 5.64. The predicted octanol–water partition coefficient (Wildman–Crippen LogP) is 3.25. The lowest BCUT2D eigenvalue weighted by atomic mass is 10.2. The Hall–Kier alpha value is -1.84. The molecule has 106 valence electrons. The molecular formula is C15H22O4. The van der Waals surface area contributed by atoms with Crippen molar-refractivity contribution in [2.75, 3.05) is 6.61 Å². The number of carbonyl (C=O) groups is 2. The first kappa shape index (κ1) is 17.2. The summed E-state index contributed by atoms with van der Waals surface area (Å²) in [7, 11) is 0. The number of carboxylic acid groups (broad SMARTS) is 1. The highest BCUT2D eigenvalue weighted by Gasteiger charge is 2.11. The zero-order chi connectivity index (χ0) is 14.5. The van der Waals surface area contributed by atoms with E-state index < -0.39 is 11.9 Å². The molecule has 0 aliphatic rings. The zero-order valence-corrected chi connectivity index (χ0v) is 11.4. The Bertz CT molecular complexity index is 353. The van der Waals surface area contributed by atoms with Crippen molar-refractivity contribution in [1.82, 2.24) is 0 Å². The molecule has 0 fully saturated rings. The largest absolute Gasteiger partial charge is 0.481 e. The van der Waals surface area contributed by atoms with Crippen LogP contribution < -0.4 is 0 Å². The molecule has 0 radical (unpaired) electrons. The average Bonchev–Trinajstić information content (AvgIpc) is 2.35. The maximum atomic E-state index is 11.2. The van der Waals surface area contributed by atoms with Crippen molar-refractivity contribution < 1.29 is 19.4 Å². The van der Waals surface area contributed by atoms with Gasteiger partial charge in [-0.05, 0) is 18.9 Å². The molecule has 0 aliphatic heterocycles. The van der Waals surface area contributed by atoms with Crippen molar-refractivity contribution in [3.8, 4) is 0 Å². The first-order chi connectivity index (χ1) is 9.07. The van der Waals surface area contributed by atoms with Gasteiger partial charge in [0, 0.05) is 5.57 Å². The summed E-state index contributed by atoms with van der Waals surface area (Å²) < 4.78 is 4.83. The number of ether oxygens (including phenoxy) is 1. The van der Waals surface area contributed by atoms with Gasteiger partial charge in [-0.3, -0.25) is 4.79 Å². The van der Waals surface area contributed by atoms with Crippen molar-refractivity contribution in [2.45, 2.75) is 39.0 Å². The van der Waals surface area contributed by atoms with Gasteiger partial charge in [0.25, 0.3) is 0 Å². The minimum atomic E-state index is -1.09. The standard InChI is InChI=1S/C15H22O4/c1-3-4-5-6-7-8-9-10-11-19-15(18)13(2)12-14(16)17/h7-10H,2-6,11-12H2,1H3,(H,16,17). The van der Waals surface area contributed by atoms with E-state index in [0.717, 1.165) is 6.42 Å². The second-order valence-corrected chi connectivity index (χ2v) is 4.12. The Morgan fingerprint density at radius 2 is 1.89 bits per heavy atom. The molecule has 0 bridgehead atoms. The number of rotatable bonds is 10. The highest BCUT2D eigenvalue weighted by atomic mass is 16.5. The van der Waals surface area contributed by atoms with Crippen LogP contribution in [0.3, 0.4) is 0 Å². The third-order valence-corrected chi connectivity index (χ3v) is 2.32. The molecule has 0 atom stereocenters. The third kappa shape index (κ3) is 11.0. The molecule has 4 nitrogen and oxygen atoms in total. The number of carboxylic acids is 1. The van der Waals surface area contributed by atoms with Gasteiger partial charge in [-0.25, -0.2) is 4.79 Å². The smallest absolute Gasteiger partial charge is 0.334 e. The normalized spacial score (nSPS) is 11.0. The summed E-state index contributed by atoms with van der Waals surface area (Å²) in [5, 5.41) is 8.47. The lowest BCUT2D eigenvalue weighted by molar-refractivity contribution is -0.142. The molecule has 0 saturated heterocycles. The maximum absolute atomic E-state index is 11.2. The van der Waals surface area contributed by atoms with Crippen LogP contribution >= 0.6 is 0 Å². The minimum Gasteiger partial charge on any atom is -0.481 e. The molecule has 19 heavy (non-hydrogen) atoms. The Morgan fingerprint density at radius 3 is 2.53 bits per heavy atom. The fourth-order valence-corrected chi connectivity index (χ4v) is 1.30. The van der Waals surface area contributed by atoms with Crippen LogP contribution in [0.1, 0.15) is 39.0 Å². The number of hydrogen-bond acceptors (Lipinski definition) is 3. The number of hydrogen-bond donors (Lipinski definition) is 1. The van der Waals surface area contributed by atoms with Crippen molar-refractivity contribution in [1.29, 1.82) is 0 Å². The first-order valence-electron chi connectivity index (χ1n) is 6.46. The minimum absolute atomic E-state index is 0.0454. The van der Waals surface area contributed by atoms with E-state index in [1.54, 1.807) is 12.2 Å². The van der Waals surface area contributed by atoms with E-state index in [1.165, 1.54) is 19.3 Å². The van der Waals surface area contributed by atoms with Gasteiger partial charge in [0.15, 0.2) is 0 Å². The number of esters is 1. The SMILES string of the molecule is C=C(CC(=O)O)C(=O)OCC=CC=CCCCCC. The van der Waals surface area contributed by atoms with Gasteiger partial charge in [0.05, 0.1) is 6.42 Å². The fourth-order valence-electron chi connectivity index (χ4n) is 1.30. The summed E-state index contributed by atoms with van der Waals surface area (Å²) in [6.07, 6.45) is 11.8. The monoisotopic (exact) mass is 266 g/mol. The summed E-state index contributed by atoms with van der Waals surface area (Å²) in [5.41, 5.74) is -0.0454. The van der Waals surface area contributed by atoms with Crippen LogP contribution in [-0.2, 0) is 14.3 Å². The molecule has 4 heteroatoms. The van der Waals surface area contributed by atoms with Crippen LogP contribution in [0.5, 0.6) is 0 Å². The van der Waals surface area contributed by atoms with Crippen molar-refractivity contribution in [3.63, 3.8) is 0 Å². The summed E-state index contributed by atoms with van der Waals surface area (Å²) in [6, 6.07) is 0. The number of allylic oxidation sites excluding steroid dienone is 3. The maximum Gasteiger partial charge on any atom is 0.334 e. The Balaban J connectivity index is 3.69. The van der Waals surface area contributed by atoms with Crippen LogP contribution in [0.25, 0.3) is 0 Å². The molecule has 0 unspecified atom stereocenters. The highest BCUT2D eigenvalue weighted by molar-refractivity contribution is 5.92. The van der Waals surface area contributed by atoms with Crippen LogP contribution in [-0.4, -0.2) is 23.7 Å². The molecule has 0 aromatic heterocycles. The fraction of sp³-hybridized carbons (Fsp3) is 0.467. The predicted molar refractivity (Wildman–Crippen MR) is 74.8 cm³/mol. The van der Waals surface area contributed by atoms with Gasteiger partial charge in [0.2, 0.25) is 0 Å². The Morgan fingerprint density at radius 1 is 1.21 bits per heavy atom. The second kappa shape index (κ2) is 11.3. The topological polar surface area (TPSA) is 63.6 Å². The van der Waals surface area contributed by atoms with E-state index in [0.29, 0.717) is 0 Å². The number of unbranched alkanes of at least 4 members (excludes halogenated alkanes) is 3. The molecule has 0 spiro atoms. The molecule has 0 aromatic rings. The van der Waals surface area contributed by atoms with Gasteiger partial charge in [-0.1, -0.05) is 44.6 Å². The van der Waals surface area contributed by atoms with Gasteiger partial charge in [0.1, 0.15) is 6.61 Å². The first-order valence-corrected chi connectivity index (χ1v) is 6.46. The quantitative estimate of drug-likeness (QED) is 0.285. The molecule has 0 amide bonds.